The maximum absolute atomic E-state index is 13.9. The molecule has 1 aliphatic heterocycles. The predicted octanol–water partition coefficient (Wildman–Crippen LogP) is 5.32. The minimum atomic E-state index is -2.30. The Morgan fingerprint density at radius 2 is 1.46 bits per heavy atom. The Kier molecular flexibility index (Phi) is 5.39. The van der Waals surface area contributed by atoms with Crippen LogP contribution in [-0.4, -0.2) is 23.0 Å². The Morgan fingerprint density at radius 3 is 2.14 bits per heavy atom. The monoisotopic (exact) mass is 487 g/mol. The normalized spacial score (nSPS) is 15.7. The maximum atomic E-state index is 13.9. The second-order valence-corrected chi connectivity index (χ2v) is 7.73. The topological polar surface area (TPSA) is 74.4 Å². The van der Waals surface area contributed by atoms with Gasteiger partial charge in [-0.3, -0.25) is 4.79 Å². The molecule has 11 heteroatoms. The van der Waals surface area contributed by atoms with E-state index in [9.17, 15) is 31.5 Å². The fourth-order valence-corrected chi connectivity index (χ4v) is 3.89. The second kappa shape index (κ2) is 8.42. The van der Waals surface area contributed by atoms with Crippen LogP contribution in [0.4, 0.5) is 32.4 Å². The predicted molar refractivity (Wildman–Crippen MR) is 115 cm³/mol. The number of aromatic amines is 1. The Balaban J connectivity index is 1.35. The molecule has 178 valence electrons. The van der Waals surface area contributed by atoms with Crippen molar-refractivity contribution >= 4 is 28.5 Å². The first-order chi connectivity index (χ1) is 16.8. The van der Waals surface area contributed by atoms with Crippen LogP contribution in [0.5, 0.6) is 11.5 Å². The summed E-state index contributed by atoms with van der Waals surface area (Å²) in [6.07, 6.45) is 2.00. The smallest absolute Gasteiger partial charge is 0.329 e. The number of rotatable bonds is 5. The first-order valence-corrected chi connectivity index (χ1v) is 10.2. The van der Waals surface area contributed by atoms with Crippen LogP contribution in [0.15, 0.2) is 54.7 Å². The zero-order valence-electron chi connectivity index (χ0n) is 17.5. The number of urea groups is 1. The number of nitrogens with one attached hydrogen (secondary N) is 2. The van der Waals surface area contributed by atoms with Crippen LogP contribution < -0.4 is 15.0 Å². The van der Waals surface area contributed by atoms with E-state index < -0.39 is 52.8 Å². The lowest BCUT2D eigenvalue weighted by Crippen LogP contribution is -2.32. The summed E-state index contributed by atoms with van der Waals surface area (Å²) < 4.78 is 72.5. The quantitative estimate of drug-likeness (QED) is 0.173. The summed E-state index contributed by atoms with van der Waals surface area (Å²) >= 11 is 0. The SMILES string of the molecule is O=C1NC(Cc2c[nH]c3ccccc23)C(=O)N1c1ccc(Oc2c(F)c(F)c(F)c(F)c2F)cc1. The molecule has 1 unspecified atom stereocenters. The first-order valence-electron chi connectivity index (χ1n) is 10.2. The van der Waals surface area contributed by atoms with Crippen molar-refractivity contribution < 1.29 is 36.3 Å². The highest BCUT2D eigenvalue weighted by atomic mass is 19.2. The van der Waals surface area contributed by atoms with E-state index in [-0.39, 0.29) is 17.9 Å². The van der Waals surface area contributed by atoms with Crippen molar-refractivity contribution in [1.82, 2.24) is 10.3 Å². The van der Waals surface area contributed by atoms with Crippen LogP contribution in [0.3, 0.4) is 0 Å². The molecule has 3 aromatic carbocycles. The number of fused-ring (bicyclic) bond motifs is 1. The largest absolute Gasteiger partial charge is 0.451 e. The molecule has 1 fully saturated rings. The molecule has 0 spiro atoms. The van der Waals surface area contributed by atoms with Crippen molar-refractivity contribution in [1.29, 1.82) is 0 Å². The van der Waals surface area contributed by atoms with Gasteiger partial charge in [0.1, 0.15) is 11.8 Å². The van der Waals surface area contributed by atoms with Crippen molar-refractivity contribution in [2.75, 3.05) is 4.90 Å². The van der Waals surface area contributed by atoms with Crippen LogP contribution in [0.1, 0.15) is 5.56 Å². The van der Waals surface area contributed by atoms with Crippen LogP contribution in [0.2, 0.25) is 0 Å². The van der Waals surface area contributed by atoms with Crippen LogP contribution >= 0.6 is 0 Å². The zero-order valence-corrected chi connectivity index (χ0v) is 17.5. The number of halogens is 5. The van der Waals surface area contributed by atoms with E-state index in [4.69, 9.17) is 4.74 Å². The molecule has 0 saturated carbocycles. The molecule has 0 radical (unpaired) electrons. The number of nitrogens with zero attached hydrogens (tertiary/aromatic N) is 1. The fourth-order valence-electron chi connectivity index (χ4n) is 3.89. The number of hydrogen-bond donors (Lipinski definition) is 2. The standard InChI is InChI=1S/C24H14F5N3O3/c25-17-18(26)20(28)22(21(29)19(17)27)35-13-7-5-12(6-8-13)32-23(33)16(31-24(32)34)9-11-10-30-15-4-2-1-3-14(11)15/h1-8,10,16,30H,9H2,(H,31,34). The highest BCUT2D eigenvalue weighted by Crippen LogP contribution is 2.34. The van der Waals surface area contributed by atoms with Crippen molar-refractivity contribution in [3.63, 3.8) is 0 Å². The van der Waals surface area contributed by atoms with Gasteiger partial charge in [-0.2, -0.15) is 8.78 Å². The number of benzene rings is 3. The highest BCUT2D eigenvalue weighted by molar-refractivity contribution is 6.21. The van der Waals surface area contributed by atoms with Gasteiger partial charge in [0.05, 0.1) is 5.69 Å². The molecule has 0 aliphatic carbocycles. The molecular formula is C24H14F5N3O3. The van der Waals surface area contributed by atoms with Crippen molar-refractivity contribution in [3.8, 4) is 11.5 Å². The minimum absolute atomic E-state index is 0.124. The molecule has 2 heterocycles. The average Bonchev–Trinajstić information content (AvgIpc) is 3.40. The third-order valence-electron chi connectivity index (χ3n) is 5.60. The van der Waals surface area contributed by atoms with Gasteiger partial charge < -0.3 is 15.0 Å². The molecule has 3 amide bonds. The number of amides is 3. The van der Waals surface area contributed by atoms with Crippen LogP contribution in [0, 0.1) is 29.1 Å². The number of aromatic nitrogens is 1. The Labute approximate surface area is 193 Å². The Hall–Kier alpha value is -4.41. The maximum Gasteiger partial charge on any atom is 0.329 e. The van der Waals surface area contributed by atoms with Crippen molar-refractivity contribution in [3.05, 3.63) is 89.4 Å². The van der Waals surface area contributed by atoms with Gasteiger partial charge in [0.15, 0.2) is 0 Å². The number of ether oxygens (including phenoxy) is 1. The number of H-pyrrole nitrogens is 1. The molecule has 2 N–H and O–H groups in total. The third kappa shape index (κ3) is 3.74. The molecule has 6 nitrogen and oxygen atoms in total. The summed E-state index contributed by atoms with van der Waals surface area (Å²) in [7, 11) is 0. The number of imide groups is 1. The lowest BCUT2D eigenvalue weighted by atomic mass is 10.0. The van der Waals surface area contributed by atoms with Gasteiger partial charge in [0, 0.05) is 23.5 Å². The van der Waals surface area contributed by atoms with Crippen molar-refractivity contribution in [2.45, 2.75) is 12.5 Å². The van der Waals surface area contributed by atoms with Gasteiger partial charge >= 0.3 is 6.03 Å². The second-order valence-electron chi connectivity index (χ2n) is 7.73. The number of carbonyl (C=O) groups is 2. The van der Waals surface area contributed by atoms with Crippen molar-refractivity contribution in [2.24, 2.45) is 0 Å². The van der Waals surface area contributed by atoms with E-state index in [1.165, 1.54) is 12.1 Å². The van der Waals surface area contributed by atoms with Gasteiger partial charge in [-0.05, 0) is 35.9 Å². The summed E-state index contributed by atoms with van der Waals surface area (Å²) in [5.74, 6) is -13.1. The Bertz CT molecular complexity index is 1460. The molecule has 0 bridgehead atoms. The fraction of sp³-hybridized carbons (Fsp3) is 0.0833. The molecule has 5 rings (SSSR count). The van der Waals surface area contributed by atoms with Crippen LogP contribution in [0.25, 0.3) is 10.9 Å². The number of carbonyl (C=O) groups excluding carboxylic acids is 2. The minimum Gasteiger partial charge on any atom is -0.451 e. The molecule has 4 aromatic rings. The summed E-state index contributed by atoms with van der Waals surface area (Å²) in [6.45, 7) is 0. The third-order valence-corrected chi connectivity index (χ3v) is 5.60. The van der Waals surface area contributed by atoms with Gasteiger partial charge in [0.2, 0.25) is 34.8 Å². The number of anilines is 1. The highest BCUT2D eigenvalue weighted by Gasteiger charge is 2.39. The van der Waals surface area contributed by atoms with E-state index in [1.54, 1.807) is 6.20 Å². The van der Waals surface area contributed by atoms with Gasteiger partial charge in [-0.15, -0.1) is 0 Å². The summed E-state index contributed by atoms with van der Waals surface area (Å²) in [5.41, 5.74) is 1.85. The van der Waals surface area contributed by atoms with Gasteiger partial charge in [-0.1, -0.05) is 18.2 Å². The van der Waals surface area contributed by atoms with E-state index in [1.807, 2.05) is 24.3 Å². The van der Waals surface area contributed by atoms with E-state index in [2.05, 4.69) is 10.3 Å². The zero-order chi connectivity index (χ0) is 24.9. The lowest BCUT2D eigenvalue weighted by molar-refractivity contribution is -0.118. The van der Waals surface area contributed by atoms with E-state index in [0.717, 1.165) is 33.5 Å². The molecule has 1 atom stereocenters. The lowest BCUT2D eigenvalue weighted by Gasteiger charge is -2.14. The summed E-state index contributed by atoms with van der Waals surface area (Å²) in [6, 6.07) is 10.7. The average molecular weight is 487 g/mol. The van der Waals surface area contributed by atoms with E-state index >= 15 is 0 Å². The molecule has 1 saturated heterocycles. The Morgan fingerprint density at radius 1 is 0.829 bits per heavy atom. The first kappa shape index (κ1) is 22.4. The summed E-state index contributed by atoms with van der Waals surface area (Å²) in [5, 5.41) is 3.54. The number of hydrogen-bond acceptors (Lipinski definition) is 3. The van der Waals surface area contributed by atoms with Gasteiger partial charge in [-0.25, -0.2) is 22.9 Å². The number of para-hydroxylation sites is 1. The van der Waals surface area contributed by atoms with Gasteiger partial charge in [0.25, 0.3) is 5.91 Å². The molecule has 1 aliphatic rings. The molecule has 35 heavy (non-hydrogen) atoms. The summed E-state index contributed by atoms with van der Waals surface area (Å²) in [4.78, 5) is 29.4. The van der Waals surface area contributed by atoms with E-state index in [0.29, 0.717) is 0 Å². The molecular weight excluding hydrogens is 473 g/mol. The molecule has 1 aromatic heterocycles. The van der Waals surface area contributed by atoms with Crippen LogP contribution in [-0.2, 0) is 11.2 Å².